The molecule has 0 aliphatic heterocycles. The van der Waals surface area contributed by atoms with Crippen molar-refractivity contribution in [3.8, 4) is 58.0 Å². The molecule has 0 N–H and O–H groups in total. The summed E-state index contributed by atoms with van der Waals surface area (Å²) in [4.78, 5) is 0. The van der Waals surface area contributed by atoms with E-state index in [1.54, 1.807) is 0 Å². The third-order valence-corrected chi connectivity index (χ3v) is 5.08. The Morgan fingerprint density at radius 2 is 0.800 bits per heavy atom. The summed E-state index contributed by atoms with van der Waals surface area (Å²) in [5.41, 5.74) is -4.45. The van der Waals surface area contributed by atoms with Crippen molar-refractivity contribution in [3.05, 3.63) is 70.6 Å². The summed E-state index contributed by atoms with van der Waals surface area (Å²) < 4.78 is 115. The van der Waals surface area contributed by atoms with E-state index in [0.29, 0.717) is 0 Å². The van der Waals surface area contributed by atoms with Crippen molar-refractivity contribution >= 4 is 11.1 Å². The van der Waals surface area contributed by atoms with Gasteiger partial charge in [0.05, 0.1) is 10.4 Å². The molecule has 40 heavy (non-hydrogen) atoms. The number of nitrogens with zero attached hydrogens (tertiary/aromatic N) is 4. The van der Waals surface area contributed by atoms with E-state index in [2.05, 4.69) is 9.47 Å². The normalized spacial score (nSPS) is 10.9. The number of rotatable bonds is 4. The van der Waals surface area contributed by atoms with Crippen molar-refractivity contribution < 1.29 is 44.6 Å². The van der Waals surface area contributed by atoms with Crippen molar-refractivity contribution in [2.75, 3.05) is 0 Å². The molecular weight excluding hydrogens is 552 g/mol. The van der Waals surface area contributed by atoms with Crippen molar-refractivity contribution in [2.45, 2.75) is 12.7 Å². The van der Waals surface area contributed by atoms with Crippen LogP contribution in [0, 0.1) is 57.0 Å². The molecule has 0 unspecified atom stereocenters. The first-order valence-electron chi connectivity index (χ1n) is 10.4. The molecule has 6 nitrogen and oxygen atoms in total. The maximum atomic E-state index is 16.2. The molecule has 0 saturated carbocycles. The van der Waals surface area contributed by atoms with Crippen molar-refractivity contribution in [2.24, 2.45) is 0 Å². The van der Waals surface area contributed by atoms with Gasteiger partial charge in [0.25, 0.3) is 0 Å². The first-order valence-corrected chi connectivity index (χ1v) is 10.4. The molecule has 3 aromatic carbocycles. The predicted molar refractivity (Wildman–Crippen MR) is 119 cm³/mol. The largest absolute Gasteiger partial charge is 0.573 e. The highest BCUT2D eigenvalue weighted by molar-refractivity contribution is 5.86. The quantitative estimate of drug-likeness (QED) is 0.390. The highest BCUT2D eigenvalue weighted by atomic mass is 19.4. The van der Waals surface area contributed by atoms with Gasteiger partial charge in [-0.2, -0.15) is 21.0 Å². The molecule has 0 aromatic heterocycles. The van der Waals surface area contributed by atoms with Crippen molar-refractivity contribution in [1.82, 2.24) is 0 Å². The molecule has 0 aliphatic carbocycles. The topological polar surface area (TPSA) is 114 Å². The fourth-order valence-electron chi connectivity index (χ4n) is 3.62. The molecule has 0 spiro atoms. The Hall–Kier alpha value is -5.60. The van der Waals surface area contributed by atoms with Gasteiger partial charge in [-0.1, -0.05) is 24.3 Å². The van der Waals surface area contributed by atoms with Crippen molar-refractivity contribution in [3.63, 3.8) is 0 Å². The Labute approximate surface area is 218 Å². The molecule has 3 rings (SSSR count). The Morgan fingerprint density at radius 1 is 0.525 bits per heavy atom. The lowest BCUT2D eigenvalue weighted by molar-refractivity contribution is -0.275. The SMILES string of the molecule is N#CC(C#N)=c1c(F)c(-c2ccc(OC(F)(F)F)cc2)c(=C(C#N)C#N)c(F)c1-c1ccc(OC(F)(F)F)cc1. The predicted octanol–water partition coefficient (Wildman–Crippen LogP) is 5.49. The van der Waals surface area contributed by atoms with Crippen molar-refractivity contribution in [1.29, 1.82) is 21.0 Å². The van der Waals surface area contributed by atoms with Gasteiger partial charge >= 0.3 is 12.7 Å². The van der Waals surface area contributed by atoms with Crippen LogP contribution in [-0.2, 0) is 0 Å². The second kappa shape index (κ2) is 11.0. The fourth-order valence-corrected chi connectivity index (χ4v) is 3.62. The lowest BCUT2D eigenvalue weighted by Gasteiger charge is -2.15. The summed E-state index contributed by atoms with van der Waals surface area (Å²) in [6.45, 7) is 0. The molecule has 14 heteroatoms. The number of hydrogen-bond donors (Lipinski definition) is 0. The van der Waals surface area contributed by atoms with Crippen LogP contribution in [0.2, 0.25) is 0 Å². The van der Waals surface area contributed by atoms with Crippen LogP contribution < -0.4 is 19.9 Å². The zero-order chi connectivity index (χ0) is 29.8. The summed E-state index contributed by atoms with van der Waals surface area (Å²) in [6.07, 6.45) is -10.2. The first kappa shape index (κ1) is 29.0. The van der Waals surface area contributed by atoms with Crippen LogP contribution in [0.3, 0.4) is 0 Å². The number of benzene rings is 3. The lowest BCUT2D eigenvalue weighted by atomic mass is 9.91. The van der Waals surface area contributed by atoms with E-state index < -0.39 is 68.6 Å². The minimum absolute atomic E-state index is 0.374. The molecular formula is C26H8F8N4O2. The van der Waals surface area contributed by atoms with Crippen LogP contribution in [0.4, 0.5) is 35.1 Å². The highest BCUT2D eigenvalue weighted by Crippen LogP contribution is 2.30. The van der Waals surface area contributed by atoms with Crippen LogP contribution in [0.25, 0.3) is 33.4 Å². The average molecular weight is 560 g/mol. The summed E-state index contributed by atoms with van der Waals surface area (Å²) >= 11 is 0. The molecule has 200 valence electrons. The Morgan fingerprint density at radius 3 is 1.02 bits per heavy atom. The minimum atomic E-state index is -5.08. The van der Waals surface area contributed by atoms with E-state index in [4.69, 9.17) is 0 Å². The summed E-state index contributed by atoms with van der Waals surface area (Å²) in [6, 6.07) is 11.8. The van der Waals surface area contributed by atoms with Gasteiger partial charge in [0.2, 0.25) is 0 Å². The number of hydrogen-bond acceptors (Lipinski definition) is 6. The van der Waals surface area contributed by atoms with Gasteiger partial charge < -0.3 is 9.47 Å². The van der Waals surface area contributed by atoms with Crippen LogP contribution in [0.1, 0.15) is 0 Å². The van der Waals surface area contributed by atoms with Gasteiger partial charge in [-0.15, -0.1) is 26.3 Å². The van der Waals surface area contributed by atoms with Crippen LogP contribution in [0.5, 0.6) is 11.5 Å². The third-order valence-electron chi connectivity index (χ3n) is 5.08. The Kier molecular flexibility index (Phi) is 7.98. The molecule has 0 aliphatic rings. The van der Waals surface area contributed by atoms with Gasteiger partial charge in [-0.25, -0.2) is 8.78 Å². The van der Waals surface area contributed by atoms with Crippen LogP contribution in [-0.4, -0.2) is 12.7 Å². The molecule has 0 amide bonds. The number of halogens is 8. The van der Waals surface area contributed by atoms with Gasteiger partial charge in [-0.3, -0.25) is 0 Å². The second-order valence-corrected chi connectivity index (χ2v) is 7.47. The Bertz CT molecular complexity index is 1600. The molecule has 0 heterocycles. The van der Waals surface area contributed by atoms with E-state index in [9.17, 15) is 47.4 Å². The first-order chi connectivity index (χ1) is 18.7. The standard InChI is InChI=1S/C26H8F8N4O2/c27-23-19(13-1-5-17(6-2-13)39-25(29,30)31)21(15(9-35)10-36)24(28)20(22(23)16(11-37)12-38)14-3-7-18(8-4-14)40-26(32,33)34/h1-8H. The van der Waals surface area contributed by atoms with E-state index in [1.807, 2.05) is 0 Å². The number of nitriles is 4. The van der Waals surface area contributed by atoms with Crippen LogP contribution >= 0.6 is 0 Å². The smallest absolute Gasteiger partial charge is 0.406 e. The second-order valence-electron chi connectivity index (χ2n) is 7.47. The van der Waals surface area contributed by atoms with E-state index in [-0.39, 0.29) is 11.1 Å². The number of alkyl halides is 6. The van der Waals surface area contributed by atoms with Crippen LogP contribution in [0.15, 0.2) is 48.5 Å². The molecule has 0 bridgehead atoms. The maximum Gasteiger partial charge on any atom is 0.573 e. The zero-order valence-electron chi connectivity index (χ0n) is 19.2. The van der Waals surface area contributed by atoms with E-state index in [0.717, 1.165) is 48.5 Å². The highest BCUT2D eigenvalue weighted by Gasteiger charge is 2.32. The molecule has 0 saturated heterocycles. The van der Waals surface area contributed by atoms with E-state index >= 15 is 8.78 Å². The summed E-state index contributed by atoms with van der Waals surface area (Å²) in [5, 5.41) is 35.8. The maximum absolute atomic E-state index is 16.2. The van der Waals surface area contributed by atoms with Gasteiger partial charge in [0, 0.05) is 11.1 Å². The average Bonchev–Trinajstić information content (AvgIpc) is 2.87. The Balaban J connectivity index is 2.50. The summed E-state index contributed by atoms with van der Waals surface area (Å²) in [7, 11) is 0. The molecule has 3 aromatic rings. The third kappa shape index (κ3) is 6.09. The lowest BCUT2D eigenvalue weighted by Crippen LogP contribution is -2.28. The van der Waals surface area contributed by atoms with E-state index in [1.165, 1.54) is 24.3 Å². The number of ether oxygens (including phenoxy) is 2. The molecule has 0 atom stereocenters. The minimum Gasteiger partial charge on any atom is -0.406 e. The monoisotopic (exact) mass is 560 g/mol. The van der Waals surface area contributed by atoms with Gasteiger partial charge in [-0.05, 0) is 35.4 Å². The van der Waals surface area contributed by atoms with Gasteiger partial charge in [0.1, 0.15) is 58.6 Å². The zero-order valence-corrected chi connectivity index (χ0v) is 19.2. The summed E-state index contributed by atoms with van der Waals surface area (Å²) in [5.74, 6) is -4.54. The fraction of sp³-hybridized carbons (Fsp3) is 0.0769. The van der Waals surface area contributed by atoms with Gasteiger partial charge in [0.15, 0.2) is 0 Å². The molecule has 0 radical (unpaired) electrons. The molecule has 0 fully saturated rings.